The number of nitrogens with one attached hydrogen (secondary N) is 1. The quantitative estimate of drug-likeness (QED) is 0.914. The molecule has 0 aromatic carbocycles. The molecule has 0 spiro atoms. The highest BCUT2D eigenvalue weighted by Crippen LogP contribution is 2.17. The van der Waals surface area contributed by atoms with Crippen molar-refractivity contribution in [1.82, 2.24) is 10.3 Å². The second-order valence-electron chi connectivity index (χ2n) is 4.64. The maximum atomic E-state index is 12.1. The molecule has 5 heteroatoms. The monoisotopic (exact) mass is 278 g/mol. The zero-order valence-corrected chi connectivity index (χ0v) is 12.2. The summed E-state index contributed by atoms with van der Waals surface area (Å²) in [6.07, 6.45) is 3.35. The molecule has 2 heterocycles. The molecule has 1 amide bonds. The van der Waals surface area contributed by atoms with Crippen LogP contribution in [0.25, 0.3) is 0 Å². The summed E-state index contributed by atoms with van der Waals surface area (Å²) in [7, 11) is 0. The summed E-state index contributed by atoms with van der Waals surface area (Å²) in [5.74, 6) is 0.918. The fourth-order valence-corrected chi connectivity index (χ4v) is 2.74. The number of rotatable bonds is 5. The van der Waals surface area contributed by atoms with Gasteiger partial charge in [-0.2, -0.15) is 0 Å². The molecule has 4 nitrogen and oxygen atoms in total. The normalized spacial score (nSPS) is 12.4. The minimum absolute atomic E-state index is 0.0324. The lowest BCUT2D eigenvalue weighted by atomic mass is 10.1. The van der Waals surface area contributed by atoms with Gasteiger partial charge in [0.2, 0.25) is 0 Å². The Balaban J connectivity index is 1.86. The molecule has 102 valence electrons. The fraction of sp³-hybridized carbons (Fsp3) is 0.429. The molecule has 0 fully saturated rings. The second-order valence-corrected chi connectivity index (χ2v) is 5.84. The van der Waals surface area contributed by atoms with Crippen molar-refractivity contribution in [3.63, 3.8) is 0 Å². The number of aromatic nitrogens is 1. The third-order valence-electron chi connectivity index (χ3n) is 2.89. The van der Waals surface area contributed by atoms with Crippen LogP contribution in [0.1, 0.15) is 39.5 Å². The third-order valence-corrected chi connectivity index (χ3v) is 3.96. The number of hydrogen-bond donors (Lipinski definition) is 1. The Hall–Kier alpha value is -1.62. The highest BCUT2D eigenvalue weighted by molar-refractivity contribution is 7.13. The van der Waals surface area contributed by atoms with E-state index < -0.39 is 0 Å². The highest BCUT2D eigenvalue weighted by atomic mass is 32.1. The van der Waals surface area contributed by atoms with Crippen LogP contribution in [0.4, 0.5) is 0 Å². The Kier molecular flexibility index (Phi) is 4.37. The highest BCUT2D eigenvalue weighted by Gasteiger charge is 2.15. The lowest BCUT2D eigenvalue weighted by Crippen LogP contribution is -2.32. The smallest absolute Gasteiger partial charge is 0.263 e. The van der Waals surface area contributed by atoms with Gasteiger partial charge in [-0.1, -0.05) is 0 Å². The van der Waals surface area contributed by atoms with Crippen LogP contribution in [-0.4, -0.2) is 16.9 Å². The van der Waals surface area contributed by atoms with Crippen molar-refractivity contribution < 1.29 is 9.21 Å². The van der Waals surface area contributed by atoms with Gasteiger partial charge in [0.25, 0.3) is 5.91 Å². The predicted octanol–water partition coefficient (Wildman–Crippen LogP) is 3.10. The molecule has 0 aliphatic carbocycles. The first-order chi connectivity index (χ1) is 9.06. The van der Waals surface area contributed by atoms with Crippen LogP contribution in [0.5, 0.6) is 0 Å². The van der Waals surface area contributed by atoms with Crippen molar-refractivity contribution in [2.75, 3.05) is 0 Å². The van der Waals surface area contributed by atoms with E-state index in [0.29, 0.717) is 4.88 Å². The van der Waals surface area contributed by atoms with E-state index in [0.717, 1.165) is 29.3 Å². The molecule has 1 atom stereocenters. The molecule has 2 aromatic heterocycles. The predicted molar refractivity (Wildman–Crippen MR) is 75.5 cm³/mol. The summed E-state index contributed by atoms with van der Waals surface area (Å²) in [4.78, 5) is 17.1. The van der Waals surface area contributed by atoms with Crippen LogP contribution >= 0.6 is 11.3 Å². The molecule has 0 saturated carbocycles. The Morgan fingerprint density at radius 2 is 2.32 bits per heavy atom. The topological polar surface area (TPSA) is 55.1 Å². The number of carbonyl (C=O) groups is 1. The van der Waals surface area contributed by atoms with Gasteiger partial charge in [-0.3, -0.25) is 4.79 Å². The van der Waals surface area contributed by atoms with Gasteiger partial charge in [0.05, 0.1) is 17.0 Å². The molecule has 19 heavy (non-hydrogen) atoms. The first-order valence-electron chi connectivity index (χ1n) is 6.33. The number of carbonyl (C=O) groups excluding carboxylic acids is 1. The fourth-order valence-electron chi connectivity index (χ4n) is 1.92. The molecule has 0 radical (unpaired) electrons. The number of thiazole rings is 1. The van der Waals surface area contributed by atoms with E-state index in [9.17, 15) is 4.79 Å². The van der Waals surface area contributed by atoms with Crippen molar-refractivity contribution in [3.05, 3.63) is 39.7 Å². The molecule has 1 N–H and O–H groups in total. The Labute approximate surface area is 116 Å². The van der Waals surface area contributed by atoms with E-state index in [2.05, 4.69) is 10.3 Å². The van der Waals surface area contributed by atoms with Crippen molar-refractivity contribution >= 4 is 17.2 Å². The SMILES string of the molecule is Cc1nc(C)c(C(=O)N[C@@H](C)CCc2ccco2)s1. The summed E-state index contributed by atoms with van der Waals surface area (Å²) >= 11 is 1.44. The van der Waals surface area contributed by atoms with E-state index in [1.165, 1.54) is 11.3 Å². The van der Waals surface area contributed by atoms with Gasteiger partial charge in [0.1, 0.15) is 10.6 Å². The Bertz CT molecular complexity index is 546. The third kappa shape index (κ3) is 3.67. The van der Waals surface area contributed by atoms with Crippen molar-refractivity contribution in [2.24, 2.45) is 0 Å². The van der Waals surface area contributed by atoms with Crippen LogP contribution in [0.3, 0.4) is 0 Å². The van der Waals surface area contributed by atoms with Crippen LogP contribution < -0.4 is 5.32 Å². The van der Waals surface area contributed by atoms with Crippen molar-refractivity contribution in [2.45, 2.75) is 39.7 Å². The number of amides is 1. The minimum atomic E-state index is -0.0324. The zero-order chi connectivity index (χ0) is 13.8. The van der Waals surface area contributed by atoms with E-state index in [4.69, 9.17) is 4.42 Å². The summed E-state index contributed by atoms with van der Waals surface area (Å²) in [5, 5.41) is 3.92. The standard InChI is InChI=1S/C14H18N2O2S/c1-9(6-7-12-5-4-8-18-12)15-14(17)13-10(2)16-11(3)19-13/h4-5,8-9H,6-7H2,1-3H3,(H,15,17)/t9-/m0/s1. The van der Waals surface area contributed by atoms with Gasteiger partial charge < -0.3 is 9.73 Å². The van der Waals surface area contributed by atoms with Gasteiger partial charge in [-0.05, 0) is 39.3 Å². The molecule has 0 aliphatic rings. The Morgan fingerprint density at radius 3 is 2.89 bits per heavy atom. The average molecular weight is 278 g/mol. The average Bonchev–Trinajstić information content (AvgIpc) is 2.96. The molecule has 0 bridgehead atoms. The first kappa shape index (κ1) is 13.8. The van der Waals surface area contributed by atoms with Crippen LogP contribution in [0.15, 0.2) is 22.8 Å². The number of nitrogens with zero attached hydrogens (tertiary/aromatic N) is 1. The molecule has 0 saturated heterocycles. The summed E-state index contributed by atoms with van der Waals surface area (Å²) < 4.78 is 5.28. The molecule has 0 unspecified atom stereocenters. The van der Waals surface area contributed by atoms with Gasteiger partial charge in [0.15, 0.2) is 0 Å². The molecular weight excluding hydrogens is 260 g/mol. The van der Waals surface area contributed by atoms with Crippen LogP contribution in [0.2, 0.25) is 0 Å². The molecular formula is C14H18N2O2S. The molecule has 2 aromatic rings. The van der Waals surface area contributed by atoms with Gasteiger partial charge in [-0.15, -0.1) is 11.3 Å². The maximum Gasteiger partial charge on any atom is 0.263 e. The van der Waals surface area contributed by atoms with Gasteiger partial charge in [0, 0.05) is 12.5 Å². The number of aryl methyl sites for hydroxylation is 3. The van der Waals surface area contributed by atoms with Crippen molar-refractivity contribution in [1.29, 1.82) is 0 Å². The lowest BCUT2D eigenvalue weighted by Gasteiger charge is -2.12. The van der Waals surface area contributed by atoms with E-state index in [1.54, 1.807) is 6.26 Å². The van der Waals surface area contributed by atoms with Crippen LogP contribution in [0, 0.1) is 13.8 Å². The largest absolute Gasteiger partial charge is 0.469 e. The zero-order valence-electron chi connectivity index (χ0n) is 11.4. The van der Waals surface area contributed by atoms with Gasteiger partial charge in [-0.25, -0.2) is 4.98 Å². The summed E-state index contributed by atoms with van der Waals surface area (Å²) in [6.45, 7) is 5.78. The van der Waals surface area contributed by atoms with Gasteiger partial charge >= 0.3 is 0 Å². The summed E-state index contributed by atoms with van der Waals surface area (Å²) in [5.41, 5.74) is 0.804. The molecule has 2 rings (SSSR count). The second kappa shape index (κ2) is 6.02. The van der Waals surface area contributed by atoms with E-state index in [1.807, 2.05) is 32.9 Å². The summed E-state index contributed by atoms with van der Waals surface area (Å²) in [6, 6.07) is 3.94. The van der Waals surface area contributed by atoms with Crippen molar-refractivity contribution in [3.8, 4) is 0 Å². The number of hydrogen-bond acceptors (Lipinski definition) is 4. The first-order valence-corrected chi connectivity index (χ1v) is 7.15. The Morgan fingerprint density at radius 1 is 1.53 bits per heavy atom. The maximum absolute atomic E-state index is 12.1. The van der Waals surface area contributed by atoms with Crippen LogP contribution in [-0.2, 0) is 6.42 Å². The van der Waals surface area contributed by atoms with E-state index >= 15 is 0 Å². The van der Waals surface area contributed by atoms with E-state index in [-0.39, 0.29) is 11.9 Å². The lowest BCUT2D eigenvalue weighted by molar-refractivity contribution is 0.0941. The minimum Gasteiger partial charge on any atom is -0.469 e. The number of furan rings is 1. The molecule has 0 aliphatic heterocycles.